The van der Waals surface area contributed by atoms with Gasteiger partial charge in [-0.2, -0.15) is 0 Å². The summed E-state index contributed by atoms with van der Waals surface area (Å²) in [6.45, 7) is 2.21. The molecule has 26 heavy (non-hydrogen) atoms. The van der Waals surface area contributed by atoms with Gasteiger partial charge in [-0.15, -0.1) is 0 Å². The third-order valence-electron chi connectivity index (χ3n) is 4.70. The molecule has 0 bridgehead atoms. The summed E-state index contributed by atoms with van der Waals surface area (Å²) in [6, 6.07) is 9.11. The number of rotatable bonds is 8. The van der Waals surface area contributed by atoms with E-state index in [1.807, 2.05) is 31.3 Å². The minimum atomic E-state index is -3.51. The van der Waals surface area contributed by atoms with Crippen LogP contribution in [0.3, 0.4) is 0 Å². The fourth-order valence-electron chi connectivity index (χ4n) is 3.32. The summed E-state index contributed by atoms with van der Waals surface area (Å²) in [7, 11) is -3.51. The van der Waals surface area contributed by atoms with E-state index in [4.69, 9.17) is 4.74 Å². The molecule has 0 unspecified atom stereocenters. The molecule has 2 aromatic rings. The summed E-state index contributed by atoms with van der Waals surface area (Å²) in [5, 5.41) is 0. The Kier molecular flexibility index (Phi) is 6.27. The maximum atomic E-state index is 12.6. The van der Waals surface area contributed by atoms with Crippen molar-refractivity contribution < 1.29 is 13.2 Å². The summed E-state index contributed by atoms with van der Waals surface area (Å²) in [5.74, 6) is 0.755. The van der Waals surface area contributed by atoms with Gasteiger partial charge < -0.3 is 4.74 Å². The van der Waals surface area contributed by atoms with Crippen LogP contribution in [0.25, 0.3) is 0 Å². The number of ether oxygens (including phenoxy) is 1. The molecular formula is C20H26N2O3S. The van der Waals surface area contributed by atoms with Crippen molar-refractivity contribution >= 4 is 10.0 Å². The Morgan fingerprint density at radius 2 is 2.04 bits per heavy atom. The van der Waals surface area contributed by atoms with Crippen molar-refractivity contribution in [3.63, 3.8) is 0 Å². The van der Waals surface area contributed by atoms with Gasteiger partial charge in [0.15, 0.2) is 0 Å². The van der Waals surface area contributed by atoms with Crippen LogP contribution in [0.15, 0.2) is 47.6 Å². The minimum absolute atomic E-state index is 0.266. The Hall–Kier alpha value is -1.92. The highest BCUT2D eigenvalue weighted by molar-refractivity contribution is 7.89. The maximum Gasteiger partial charge on any atom is 0.240 e. The normalized spacial score (nSPS) is 15.3. The van der Waals surface area contributed by atoms with E-state index < -0.39 is 10.0 Å². The zero-order valence-electron chi connectivity index (χ0n) is 15.1. The fourth-order valence-corrected chi connectivity index (χ4v) is 4.62. The molecule has 0 aliphatic heterocycles. The smallest absolute Gasteiger partial charge is 0.240 e. The van der Waals surface area contributed by atoms with Crippen molar-refractivity contribution in [3.05, 3.63) is 53.9 Å². The van der Waals surface area contributed by atoms with E-state index in [1.54, 1.807) is 18.3 Å². The number of aryl methyl sites for hydroxylation is 2. The fraction of sp³-hybridized carbons (Fsp3) is 0.450. The summed E-state index contributed by atoms with van der Waals surface area (Å²) in [6.07, 6.45) is 9.91. The highest BCUT2D eigenvalue weighted by Crippen LogP contribution is 2.26. The molecule has 6 heteroatoms. The summed E-state index contributed by atoms with van der Waals surface area (Å²) in [5.41, 5.74) is 1.82. The van der Waals surface area contributed by atoms with Crippen LogP contribution >= 0.6 is 0 Å². The van der Waals surface area contributed by atoms with E-state index in [0.717, 1.165) is 37.0 Å². The summed E-state index contributed by atoms with van der Waals surface area (Å²) in [4.78, 5) is 4.38. The van der Waals surface area contributed by atoms with Gasteiger partial charge in [0.1, 0.15) is 5.75 Å². The van der Waals surface area contributed by atoms with Gasteiger partial charge in [0.25, 0.3) is 0 Å². The molecule has 0 amide bonds. The van der Waals surface area contributed by atoms with Crippen LogP contribution in [0.4, 0.5) is 0 Å². The van der Waals surface area contributed by atoms with E-state index in [9.17, 15) is 8.42 Å². The minimum Gasteiger partial charge on any atom is -0.490 e. The molecule has 1 aromatic heterocycles. The lowest BCUT2D eigenvalue weighted by Gasteiger charge is -2.15. The van der Waals surface area contributed by atoms with Crippen LogP contribution in [-0.4, -0.2) is 26.1 Å². The van der Waals surface area contributed by atoms with Crippen LogP contribution in [0.5, 0.6) is 5.75 Å². The van der Waals surface area contributed by atoms with E-state index in [2.05, 4.69) is 9.71 Å². The van der Waals surface area contributed by atoms with Gasteiger partial charge in [-0.05, 0) is 80.8 Å². The van der Waals surface area contributed by atoms with E-state index >= 15 is 0 Å². The molecule has 1 heterocycles. The molecule has 1 aliphatic rings. The van der Waals surface area contributed by atoms with Gasteiger partial charge in [0.2, 0.25) is 10.0 Å². The number of aromatic nitrogens is 1. The van der Waals surface area contributed by atoms with Crippen LogP contribution in [0.2, 0.25) is 0 Å². The third-order valence-corrected chi connectivity index (χ3v) is 6.32. The second-order valence-electron chi connectivity index (χ2n) is 6.81. The number of pyridine rings is 1. The molecule has 1 fully saturated rings. The average Bonchev–Trinajstić information content (AvgIpc) is 3.12. The Labute approximate surface area is 155 Å². The van der Waals surface area contributed by atoms with Crippen LogP contribution in [-0.2, 0) is 16.4 Å². The average molecular weight is 375 g/mol. The molecular weight excluding hydrogens is 348 g/mol. The number of hydrogen-bond donors (Lipinski definition) is 1. The number of nitrogens with zero attached hydrogens (tertiary/aromatic N) is 1. The van der Waals surface area contributed by atoms with Crippen molar-refractivity contribution in [1.29, 1.82) is 0 Å². The molecule has 1 aromatic carbocycles. The molecule has 0 radical (unpaired) electrons. The zero-order valence-corrected chi connectivity index (χ0v) is 16.0. The molecule has 1 saturated carbocycles. The summed E-state index contributed by atoms with van der Waals surface area (Å²) >= 11 is 0. The molecule has 140 valence electrons. The van der Waals surface area contributed by atoms with E-state index in [0.29, 0.717) is 17.0 Å². The highest BCUT2D eigenvalue weighted by Gasteiger charge is 2.19. The molecule has 1 aliphatic carbocycles. The molecule has 0 saturated heterocycles. The van der Waals surface area contributed by atoms with E-state index in [-0.39, 0.29) is 6.10 Å². The Morgan fingerprint density at radius 1 is 1.23 bits per heavy atom. The number of hydrogen-bond acceptors (Lipinski definition) is 4. The lowest BCUT2D eigenvalue weighted by molar-refractivity contribution is 0.210. The molecule has 3 rings (SSSR count). The first-order valence-corrected chi connectivity index (χ1v) is 10.7. The van der Waals surface area contributed by atoms with Crippen LogP contribution in [0.1, 0.15) is 43.2 Å². The Morgan fingerprint density at radius 3 is 2.73 bits per heavy atom. The predicted molar refractivity (Wildman–Crippen MR) is 102 cm³/mol. The number of benzene rings is 1. The highest BCUT2D eigenvalue weighted by atomic mass is 32.2. The Bertz CT molecular complexity index is 816. The molecule has 0 atom stereocenters. The van der Waals surface area contributed by atoms with Gasteiger partial charge in [-0.1, -0.05) is 6.07 Å². The Balaban J connectivity index is 1.56. The van der Waals surface area contributed by atoms with Gasteiger partial charge >= 0.3 is 0 Å². The van der Waals surface area contributed by atoms with Crippen LogP contribution < -0.4 is 9.46 Å². The first-order chi connectivity index (χ1) is 12.5. The molecule has 1 N–H and O–H groups in total. The van der Waals surface area contributed by atoms with Gasteiger partial charge in [0, 0.05) is 18.9 Å². The quantitative estimate of drug-likeness (QED) is 0.717. The molecule has 0 spiro atoms. The van der Waals surface area contributed by atoms with Crippen molar-refractivity contribution in [1.82, 2.24) is 9.71 Å². The second kappa shape index (κ2) is 8.64. The van der Waals surface area contributed by atoms with Gasteiger partial charge in [-0.3, -0.25) is 4.98 Å². The van der Waals surface area contributed by atoms with Crippen molar-refractivity contribution in [2.45, 2.75) is 56.4 Å². The third kappa shape index (κ3) is 5.05. The number of sulfonamides is 1. The first kappa shape index (κ1) is 18.9. The monoisotopic (exact) mass is 374 g/mol. The molecule has 5 nitrogen and oxygen atoms in total. The van der Waals surface area contributed by atoms with Crippen LogP contribution in [0, 0.1) is 6.92 Å². The predicted octanol–water partition coefficient (Wildman–Crippen LogP) is 3.62. The second-order valence-corrected chi connectivity index (χ2v) is 8.55. The maximum absolute atomic E-state index is 12.6. The van der Waals surface area contributed by atoms with Gasteiger partial charge in [0.05, 0.1) is 11.0 Å². The largest absolute Gasteiger partial charge is 0.490 e. The topological polar surface area (TPSA) is 68.3 Å². The van der Waals surface area contributed by atoms with Crippen molar-refractivity contribution in [3.8, 4) is 5.75 Å². The lowest BCUT2D eigenvalue weighted by atomic mass is 10.2. The lowest BCUT2D eigenvalue weighted by Crippen LogP contribution is -2.25. The first-order valence-electron chi connectivity index (χ1n) is 9.20. The van der Waals surface area contributed by atoms with Crippen molar-refractivity contribution in [2.24, 2.45) is 0 Å². The van der Waals surface area contributed by atoms with E-state index in [1.165, 1.54) is 12.8 Å². The SMILES string of the molecule is Cc1cc(OC2CCCC2)ccc1S(=O)(=O)NCCCc1cccnc1. The standard InChI is InChI=1S/C20H26N2O3S/c1-16-14-19(25-18-8-2-3-9-18)10-11-20(16)26(23,24)22-13-5-7-17-6-4-12-21-15-17/h4,6,10-12,14-15,18,22H,2-3,5,7-9,13H2,1H3. The van der Waals surface area contributed by atoms with Gasteiger partial charge in [-0.25, -0.2) is 13.1 Å². The number of nitrogens with one attached hydrogen (secondary N) is 1. The summed E-state index contributed by atoms with van der Waals surface area (Å²) < 4.78 is 33.8. The zero-order chi connectivity index (χ0) is 18.4. The van der Waals surface area contributed by atoms with Crippen molar-refractivity contribution in [2.75, 3.05) is 6.54 Å².